The second kappa shape index (κ2) is 10.8. The normalized spacial score (nSPS) is 29.4. The first-order chi connectivity index (χ1) is 9.04. The lowest BCUT2D eigenvalue weighted by Crippen LogP contribution is -2.40. The van der Waals surface area contributed by atoms with Crippen LogP contribution in [-0.4, -0.2) is 74.4 Å². The Kier molecular flexibility index (Phi) is 11.6. The zero-order valence-corrected chi connectivity index (χ0v) is 12.1. The highest BCUT2D eigenvalue weighted by Gasteiger charge is 2.44. The Morgan fingerprint density at radius 1 is 1.00 bits per heavy atom. The van der Waals surface area contributed by atoms with Gasteiger partial charge in [0.25, 0.3) is 0 Å². The first-order valence-electron chi connectivity index (χ1n) is 5.97. The number of ether oxygens (including phenoxy) is 1. The maximum Gasteiger partial charge on any atom is 0.184 e. The van der Waals surface area contributed by atoms with Crippen LogP contribution >= 0.6 is 0 Å². The summed E-state index contributed by atoms with van der Waals surface area (Å²) in [5.74, 6) is 0.333. The Morgan fingerprint density at radius 2 is 1.35 bits per heavy atom. The monoisotopic (exact) mass is 296 g/mol. The molecule has 0 aromatic carbocycles. The molecule has 1 heterocycles. The van der Waals surface area contributed by atoms with Gasteiger partial charge in [-0.25, -0.2) is 0 Å². The number of ketones is 2. The van der Waals surface area contributed by atoms with Gasteiger partial charge in [-0.1, -0.05) is 0 Å². The maximum absolute atomic E-state index is 9.44. The molecule has 8 heteroatoms. The summed E-state index contributed by atoms with van der Waals surface area (Å²) in [6.45, 7) is 5.52. The summed E-state index contributed by atoms with van der Waals surface area (Å²) >= 11 is 0. The van der Waals surface area contributed by atoms with Crippen LogP contribution < -0.4 is 0 Å². The third-order valence-corrected chi connectivity index (χ3v) is 1.84. The Morgan fingerprint density at radius 3 is 1.55 bits per heavy atom. The molecule has 0 aromatic rings. The van der Waals surface area contributed by atoms with Crippen molar-refractivity contribution >= 4 is 11.6 Å². The Hall–Kier alpha value is -0.900. The number of carbonyl (C=O) groups excluding carboxylic acids is 2. The third-order valence-electron chi connectivity index (χ3n) is 1.84. The molecule has 0 aromatic heterocycles. The fraction of sp³-hybridized carbons (Fsp3) is 0.833. The van der Waals surface area contributed by atoms with Crippen LogP contribution in [0.15, 0.2) is 0 Å². The number of aliphatic hydroxyl groups excluding tert-OH is 5. The molecule has 120 valence electrons. The molecule has 20 heavy (non-hydrogen) atoms. The van der Waals surface area contributed by atoms with Crippen molar-refractivity contribution in [3.63, 3.8) is 0 Å². The summed E-state index contributed by atoms with van der Waals surface area (Å²) in [5, 5.41) is 44.4. The van der Waals surface area contributed by atoms with Gasteiger partial charge in [0.1, 0.15) is 36.0 Å². The summed E-state index contributed by atoms with van der Waals surface area (Å²) in [6.07, 6.45) is -6.75. The SMILES string of the molecule is CC(C)=O.CC(C)=O.OC[C@@H](O)[C@H]1O[C@H](O)[C@@H](O)[C@H]1O. The van der Waals surface area contributed by atoms with Crippen LogP contribution in [0.2, 0.25) is 0 Å². The maximum atomic E-state index is 9.44. The molecule has 5 N–H and O–H groups in total. The second-order valence-electron chi connectivity index (χ2n) is 4.54. The minimum Gasteiger partial charge on any atom is -0.394 e. The molecular weight excluding hydrogens is 272 g/mol. The van der Waals surface area contributed by atoms with Gasteiger partial charge in [-0.15, -0.1) is 0 Å². The van der Waals surface area contributed by atoms with Crippen LogP contribution in [0.25, 0.3) is 0 Å². The van der Waals surface area contributed by atoms with Crippen LogP contribution in [0.3, 0.4) is 0 Å². The van der Waals surface area contributed by atoms with E-state index in [1.807, 2.05) is 0 Å². The molecule has 0 aliphatic carbocycles. The molecule has 8 nitrogen and oxygen atoms in total. The predicted octanol–water partition coefficient (Wildman–Crippen LogP) is -2.03. The molecule has 0 unspecified atom stereocenters. The van der Waals surface area contributed by atoms with Gasteiger partial charge in [0, 0.05) is 0 Å². The first-order valence-corrected chi connectivity index (χ1v) is 5.97. The van der Waals surface area contributed by atoms with Crippen molar-refractivity contribution in [2.45, 2.75) is 58.4 Å². The zero-order chi connectivity index (χ0) is 16.5. The summed E-state index contributed by atoms with van der Waals surface area (Å²) in [7, 11) is 0. The highest BCUT2D eigenvalue weighted by molar-refractivity contribution is 5.72. The van der Waals surface area contributed by atoms with Crippen LogP contribution in [0.5, 0.6) is 0 Å². The van der Waals surface area contributed by atoms with Crippen LogP contribution in [0.1, 0.15) is 27.7 Å². The summed E-state index contributed by atoms with van der Waals surface area (Å²) in [6, 6.07) is 0. The highest BCUT2D eigenvalue weighted by atomic mass is 16.6. The van der Waals surface area contributed by atoms with Gasteiger partial charge >= 0.3 is 0 Å². The standard InChI is InChI=1S/C6H12O6.2C3H6O/c7-1-2(8)5-3(9)4(10)6(11)12-5;2*1-3(2)4/h2-11H,1H2;2*1-2H3/t2-,3-,4+,5-,6+;;/m1../s1. The smallest absolute Gasteiger partial charge is 0.184 e. The van der Waals surface area contributed by atoms with Gasteiger partial charge < -0.3 is 39.9 Å². The quantitative estimate of drug-likeness (QED) is 0.392. The van der Waals surface area contributed by atoms with Crippen molar-refractivity contribution in [3.05, 3.63) is 0 Å². The van der Waals surface area contributed by atoms with Crippen molar-refractivity contribution in [1.29, 1.82) is 0 Å². The fourth-order valence-corrected chi connectivity index (χ4v) is 1.11. The molecule has 0 saturated carbocycles. The highest BCUT2D eigenvalue weighted by Crippen LogP contribution is 2.21. The lowest BCUT2D eigenvalue weighted by atomic mass is 10.1. The van der Waals surface area contributed by atoms with E-state index in [1.54, 1.807) is 0 Å². The topological polar surface area (TPSA) is 145 Å². The van der Waals surface area contributed by atoms with E-state index >= 15 is 0 Å². The summed E-state index contributed by atoms with van der Waals surface area (Å²) in [5.41, 5.74) is 0. The molecule has 5 atom stereocenters. The van der Waals surface area contributed by atoms with Crippen LogP contribution in [0, 0.1) is 0 Å². The molecule has 0 bridgehead atoms. The predicted molar refractivity (Wildman–Crippen MR) is 68.7 cm³/mol. The van der Waals surface area contributed by atoms with Crippen LogP contribution in [0.4, 0.5) is 0 Å². The lowest BCUT2D eigenvalue weighted by molar-refractivity contribution is -0.150. The Labute approximate surface area is 117 Å². The molecule has 0 radical (unpaired) electrons. The number of hydrogen-bond donors (Lipinski definition) is 5. The molecule has 1 fully saturated rings. The van der Waals surface area contributed by atoms with Crippen molar-refractivity contribution in [2.75, 3.05) is 6.61 Å². The van der Waals surface area contributed by atoms with Crippen molar-refractivity contribution in [3.8, 4) is 0 Å². The number of rotatable bonds is 2. The minimum absolute atomic E-state index is 0.167. The number of aliphatic hydroxyl groups is 5. The Bertz CT molecular complexity index is 273. The number of carbonyl (C=O) groups is 2. The van der Waals surface area contributed by atoms with E-state index in [-0.39, 0.29) is 11.6 Å². The average molecular weight is 296 g/mol. The van der Waals surface area contributed by atoms with Crippen molar-refractivity contribution in [2.24, 2.45) is 0 Å². The van der Waals surface area contributed by atoms with Gasteiger partial charge in [0.05, 0.1) is 6.61 Å². The van der Waals surface area contributed by atoms with E-state index in [0.717, 1.165) is 0 Å². The van der Waals surface area contributed by atoms with Crippen LogP contribution in [-0.2, 0) is 14.3 Å². The molecule has 1 rings (SSSR count). The van der Waals surface area contributed by atoms with Crippen molar-refractivity contribution < 1.29 is 39.9 Å². The molecule has 1 saturated heterocycles. The van der Waals surface area contributed by atoms with E-state index in [2.05, 4.69) is 4.74 Å². The molecular formula is C12H24O8. The first kappa shape index (κ1) is 21.4. The largest absolute Gasteiger partial charge is 0.394 e. The van der Waals surface area contributed by atoms with E-state index in [4.69, 9.17) is 25.5 Å². The molecule has 1 aliphatic rings. The third kappa shape index (κ3) is 9.96. The molecule has 0 spiro atoms. The van der Waals surface area contributed by atoms with E-state index < -0.39 is 37.3 Å². The van der Waals surface area contributed by atoms with Gasteiger partial charge in [-0.2, -0.15) is 0 Å². The van der Waals surface area contributed by atoms with E-state index in [0.29, 0.717) is 0 Å². The van der Waals surface area contributed by atoms with Gasteiger partial charge in [0.2, 0.25) is 0 Å². The summed E-state index contributed by atoms with van der Waals surface area (Å²) < 4.78 is 4.58. The van der Waals surface area contributed by atoms with Gasteiger partial charge in [-0.3, -0.25) is 0 Å². The van der Waals surface area contributed by atoms with E-state index in [1.165, 1.54) is 27.7 Å². The number of Topliss-reactive ketones (excluding diaryl/α,β-unsaturated/α-hetero) is 2. The average Bonchev–Trinajstić information content (AvgIpc) is 2.54. The lowest BCUT2D eigenvalue weighted by Gasteiger charge is -2.18. The molecule has 0 amide bonds. The minimum atomic E-state index is -1.51. The second-order valence-corrected chi connectivity index (χ2v) is 4.54. The Balaban J connectivity index is 0. The van der Waals surface area contributed by atoms with Gasteiger partial charge in [-0.05, 0) is 27.7 Å². The van der Waals surface area contributed by atoms with E-state index in [9.17, 15) is 9.59 Å². The van der Waals surface area contributed by atoms with Crippen molar-refractivity contribution in [1.82, 2.24) is 0 Å². The van der Waals surface area contributed by atoms with Gasteiger partial charge in [0.15, 0.2) is 6.29 Å². The summed E-state index contributed by atoms with van der Waals surface area (Å²) in [4.78, 5) is 18.9. The molecule has 1 aliphatic heterocycles. The fourth-order valence-electron chi connectivity index (χ4n) is 1.11. The number of hydrogen-bond acceptors (Lipinski definition) is 8. The zero-order valence-electron chi connectivity index (χ0n) is 12.1.